The molecule has 7 nitrogen and oxygen atoms in total. The standard InChI is InChI=1S/C20H20FN3O4/c1-28-19(26)17-10-13-6-2-3-7-14(13)11-24(17)12-18(25)23-20(27)22-16-9-5-4-8-15(16)21/h2-9,17H,10-12H2,1H3,(H2,22,23,25,27)/p+1/t17-/m0/s1. The van der Waals surface area contributed by atoms with Crippen molar-refractivity contribution in [1.82, 2.24) is 5.32 Å². The molecule has 1 aliphatic heterocycles. The number of rotatable bonds is 4. The van der Waals surface area contributed by atoms with Crippen LogP contribution < -0.4 is 15.5 Å². The van der Waals surface area contributed by atoms with Gasteiger partial charge in [0.1, 0.15) is 12.4 Å². The number of hydrogen-bond acceptors (Lipinski definition) is 4. The highest BCUT2D eigenvalue weighted by Crippen LogP contribution is 2.14. The largest absolute Gasteiger partial charge is 0.465 e. The first-order chi connectivity index (χ1) is 13.5. The Morgan fingerprint density at radius 3 is 2.50 bits per heavy atom. The molecule has 0 radical (unpaired) electrons. The second-order valence-electron chi connectivity index (χ2n) is 6.54. The molecule has 146 valence electrons. The zero-order chi connectivity index (χ0) is 20.1. The molecule has 3 N–H and O–H groups in total. The molecular formula is C20H21FN3O4+. The fraction of sp³-hybridized carbons (Fsp3) is 0.250. The van der Waals surface area contributed by atoms with Crippen molar-refractivity contribution in [2.24, 2.45) is 0 Å². The van der Waals surface area contributed by atoms with E-state index in [4.69, 9.17) is 4.74 Å². The van der Waals surface area contributed by atoms with E-state index in [1.54, 1.807) is 6.07 Å². The molecule has 2 aromatic carbocycles. The Morgan fingerprint density at radius 1 is 1.11 bits per heavy atom. The number of methoxy groups -OCH3 is 1. The zero-order valence-corrected chi connectivity index (χ0v) is 15.3. The van der Waals surface area contributed by atoms with Crippen LogP contribution in [-0.2, 0) is 27.3 Å². The lowest BCUT2D eigenvalue weighted by atomic mass is 9.94. The summed E-state index contributed by atoms with van der Waals surface area (Å²) < 4.78 is 18.5. The molecule has 0 saturated heterocycles. The molecule has 8 heteroatoms. The molecule has 3 amide bonds. The molecule has 0 aliphatic carbocycles. The molecular weight excluding hydrogens is 365 g/mol. The Hall–Kier alpha value is -3.26. The molecule has 2 aromatic rings. The second-order valence-corrected chi connectivity index (χ2v) is 6.54. The number of halogens is 1. The number of fused-ring (bicyclic) bond motifs is 1. The second kappa shape index (κ2) is 8.62. The van der Waals surface area contributed by atoms with E-state index in [0.717, 1.165) is 11.1 Å². The zero-order valence-electron chi connectivity index (χ0n) is 15.3. The maximum absolute atomic E-state index is 13.6. The molecule has 1 heterocycles. The maximum atomic E-state index is 13.6. The number of esters is 1. The van der Waals surface area contributed by atoms with E-state index in [0.29, 0.717) is 17.9 Å². The van der Waals surface area contributed by atoms with Crippen LogP contribution in [0.1, 0.15) is 11.1 Å². The number of urea groups is 1. The molecule has 0 saturated carbocycles. The van der Waals surface area contributed by atoms with E-state index >= 15 is 0 Å². The predicted molar refractivity (Wildman–Crippen MR) is 99.0 cm³/mol. The first kappa shape index (κ1) is 19.5. The van der Waals surface area contributed by atoms with Gasteiger partial charge in [-0.25, -0.2) is 14.0 Å². The van der Waals surface area contributed by atoms with Crippen molar-refractivity contribution in [3.05, 3.63) is 65.5 Å². The number of ether oxygens (including phenoxy) is 1. The number of benzene rings is 2. The minimum Gasteiger partial charge on any atom is -0.465 e. The van der Waals surface area contributed by atoms with Crippen LogP contribution in [0, 0.1) is 5.82 Å². The van der Waals surface area contributed by atoms with Gasteiger partial charge in [0.15, 0.2) is 12.6 Å². The van der Waals surface area contributed by atoms with Gasteiger partial charge in [-0.05, 0) is 17.7 Å². The molecule has 0 fully saturated rings. The summed E-state index contributed by atoms with van der Waals surface area (Å²) in [6.45, 7) is 0.358. The van der Waals surface area contributed by atoms with Crippen LogP contribution >= 0.6 is 0 Å². The number of carbonyl (C=O) groups excluding carboxylic acids is 3. The number of carbonyl (C=O) groups is 3. The van der Waals surface area contributed by atoms with Gasteiger partial charge < -0.3 is 15.0 Å². The third kappa shape index (κ3) is 4.52. The predicted octanol–water partition coefficient (Wildman–Crippen LogP) is 0.657. The Balaban J connectivity index is 1.65. The summed E-state index contributed by atoms with van der Waals surface area (Å²) in [5.74, 6) is -1.58. The molecule has 0 bridgehead atoms. The SMILES string of the molecule is COC(=O)[C@@H]1Cc2ccccc2C[NH+]1CC(=O)NC(=O)Nc1ccccc1F. The Labute approximate surface area is 161 Å². The summed E-state index contributed by atoms with van der Waals surface area (Å²) in [7, 11) is 1.31. The van der Waals surface area contributed by atoms with Gasteiger partial charge >= 0.3 is 12.0 Å². The molecule has 2 atom stereocenters. The number of anilines is 1. The highest BCUT2D eigenvalue weighted by molar-refractivity contribution is 6.01. The van der Waals surface area contributed by atoms with Gasteiger partial charge in [0.2, 0.25) is 0 Å². The Kier molecular flexibility index (Phi) is 6.00. The van der Waals surface area contributed by atoms with E-state index in [-0.39, 0.29) is 12.2 Å². The minimum absolute atomic E-state index is 0.0283. The summed E-state index contributed by atoms with van der Waals surface area (Å²) in [6, 6.07) is 12.0. The highest BCUT2D eigenvalue weighted by atomic mass is 19.1. The third-order valence-electron chi connectivity index (χ3n) is 4.70. The molecule has 3 rings (SSSR count). The summed E-state index contributed by atoms with van der Waals surface area (Å²) in [5, 5.41) is 4.47. The van der Waals surface area contributed by atoms with Gasteiger partial charge in [-0.15, -0.1) is 0 Å². The lowest BCUT2D eigenvalue weighted by Crippen LogP contribution is -3.17. The topological polar surface area (TPSA) is 88.9 Å². The summed E-state index contributed by atoms with van der Waals surface area (Å²) >= 11 is 0. The number of amides is 3. The average Bonchev–Trinajstić information content (AvgIpc) is 2.68. The van der Waals surface area contributed by atoms with Gasteiger partial charge in [-0.3, -0.25) is 10.1 Å². The van der Waals surface area contributed by atoms with Gasteiger partial charge in [0.25, 0.3) is 5.91 Å². The van der Waals surface area contributed by atoms with E-state index in [2.05, 4.69) is 10.6 Å². The quantitative estimate of drug-likeness (QED) is 0.674. The molecule has 1 unspecified atom stereocenters. The van der Waals surface area contributed by atoms with Crippen molar-refractivity contribution >= 4 is 23.6 Å². The Bertz CT molecular complexity index is 903. The molecule has 0 spiro atoms. The van der Waals surface area contributed by atoms with Gasteiger partial charge in [-0.2, -0.15) is 0 Å². The highest BCUT2D eigenvalue weighted by Gasteiger charge is 2.37. The van der Waals surface area contributed by atoms with Crippen molar-refractivity contribution in [3.8, 4) is 0 Å². The molecule has 1 aliphatic rings. The Morgan fingerprint density at radius 2 is 1.79 bits per heavy atom. The van der Waals surface area contributed by atoms with Crippen LogP contribution in [0.5, 0.6) is 0 Å². The van der Waals surface area contributed by atoms with Crippen LogP contribution in [0.2, 0.25) is 0 Å². The van der Waals surface area contributed by atoms with Crippen LogP contribution in [0.3, 0.4) is 0 Å². The number of hydrogen-bond donors (Lipinski definition) is 3. The van der Waals surface area contributed by atoms with Crippen LogP contribution in [0.25, 0.3) is 0 Å². The van der Waals surface area contributed by atoms with E-state index in [1.807, 2.05) is 24.3 Å². The molecule has 0 aromatic heterocycles. The fourth-order valence-corrected chi connectivity index (χ4v) is 3.33. The maximum Gasteiger partial charge on any atom is 0.365 e. The lowest BCUT2D eigenvalue weighted by molar-refractivity contribution is -0.924. The van der Waals surface area contributed by atoms with E-state index < -0.39 is 29.8 Å². The van der Waals surface area contributed by atoms with Crippen LogP contribution in [0.4, 0.5) is 14.9 Å². The minimum atomic E-state index is -0.832. The summed E-state index contributed by atoms with van der Waals surface area (Å²) in [5.41, 5.74) is 2.06. The van der Waals surface area contributed by atoms with Gasteiger partial charge in [-0.1, -0.05) is 36.4 Å². The van der Waals surface area contributed by atoms with Crippen molar-refractivity contribution in [2.75, 3.05) is 19.0 Å². The van der Waals surface area contributed by atoms with Crippen LogP contribution in [-0.4, -0.2) is 37.6 Å². The lowest BCUT2D eigenvalue weighted by Gasteiger charge is -2.31. The number of nitrogens with one attached hydrogen (secondary N) is 3. The van der Waals surface area contributed by atoms with Crippen molar-refractivity contribution in [3.63, 3.8) is 0 Å². The first-order valence-corrected chi connectivity index (χ1v) is 8.82. The normalized spacial score (nSPS) is 17.9. The van der Waals surface area contributed by atoms with Crippen LogP contribution in [0.15, 0.2) is 48.5 Å². The fourth-order valence-electron chi connectivity index (χ4n) is 3.33. The van der Waals surface area contributed by atoms with Gasteiger partial charge in [0.05, 0.1) is 12.8 Å². The van der Waals surface area contributed by atoms with Crippen molar-refractivity contribution < 1.29 is 28.4 Å². The monoisotopic (exact) mass is 386 g/mol. The smallest absolute Gasteiger partial charge is 0.365 e. The van der Waals surface area contributed by atoms with Crippen molar-refractivity contribution in [1.29, 1.82) is 0 Å². The third-order valence-corrected chi connectivity index (χ3v) is 4.70. The number of imide groups is 1. The molecule has 28 heavy (non-hydrogen) atoms. The summed E-state index contributed by atoms with van der Waals surface area (Å²) in [6.07, 6.45) is 0.451. The number of quaternary nitrogens is 1. The first-order valence-electron chi connectivity index (χ1n) is 8.82. The average molecular weight is 386 g/mol. The van der Waals surface area contributed by atoms with E-state index in [1.165, 1.54) is 25.3 Å². The summed E-state index contributed by atoms with van der Waals surface area (Å²) in [4.78, 5) is 37.2. The van der Waals surface area contributed by atoms with Gasteiger partial charge in [0, 0.05) is 12.0 Å². The van der Waals surface area contributed by atoms with E-state index in [9.17, 15) is 18.8 Å². The van der Waals surface area contributed by atoms with Crippen molar-refractivity contribution in [2.45, 2.75) is 19.0 Å². The number of para-hydroxylation sites is 1.